The molecule has 5 rings (SSSR count). The van der Waals surface area contributed by atoms with Gasteiger partial charge < -0.3 is 0 Å². The van der Waals surface area contributed by atoms with E-state index in [1.807, 2.05) is 22.8 Å². The molecule has 3 aromatic rings. The van der Waals surface area contributed by atoms with Crippen molar-refractivity contribution in [1.29, 1.82) is 0 Å². The van der Waals surface area contributed by atoms with Crippen LogP contribution in [0.25, 0.3) is 0 Å². The number of aromatic nitrogens is 7. The number of aryl methyl sites for hydroxylation is 1. The van der Waals surface area contributed by atoms with E-state index in [1.165, 1.54) is 36.8 Å². The Morgan fingerprint density at radius 3 is 2.49 bits per heavy atom. The van der Waals surface area contributed by atoms with Crippen LogP contribution in [0.15, 0.2) is 35.1 Å². The predicted molar refractivity (Wildman–Crippen MR) is 150 cm³/mol. The van der Waals surface area contributed by atoms with Crippen LogP contribution in [0.5, 0.6) is 0 Å². The minimum Gasteiger partial charge on any atom is -0.291 e. The molecule has 2 fully saturated rings. The fourth-order valence-electron chi connectivity index (χ4n) is 6.97. The van der Waals surface area contributed by atoms with Gasteiger partial charge >= 0.3 is 5.69 Å². The molecular weight excluding hydrogens is 490 g/mol. The Morgan fingerprint density at radius 2 is 1.79 bits per heavy atom. The number of ketones is 1. The molecule has 2 saturated carbocycles. The van der Waals surface area contributed by atoms with Crippen molar-refractivity contribution in [3.05, 3.63) is 58.0 Å². The third-order valence-corrected chi connectivity index (χ3v) is 9.26. The van der Waals surface area contributed by atoms with E-state index in [4.69, 9.17) is 5.10 Å². The maximum absolute atomic E-state index is 13.8. The number of aromatic amines is 1. The molecule has 2 aromatic heterocycles. The molecule has 2 aliphatic rings. The molecule has 210 valence electrons. The molecule has 2 heterocycles. The minimum absolute atomic E-state index is 0.0963. The fraction of sp³-hybridized carbons (Fsp3) is 0.667. The number of rotatable bonds is 10. The molecule has 0 bridgehead atoms. The van der Waals surface area contributed by atoms with Gasteiger partial charge in [-0.05, 0) is 76.5 Å². The second kappa shape index (κ2) is 12.0. The number of nitrogens with one attached hydrogen (secondary N) is 1. The summed E-state index contributed by atoms with van der Waals surface area (Å²) in [7, 11) is 0. The van der Waals surface area contributed by atoms with Gasteiger partial charge in [0.25, 0.3) is 0 Å². The third kappa shape index (κ3) is 5.77. The Balaban J connectivity index is 1.31. The van der Waals surface area contributed by atoms with Crippen LogP contribution >= 0.6 is 0 Å². The zero-order chi connectivity index (χ0) is 27.4. The lowest BCUT2D eigenvalue weighted by Crippen LogP contribution is -2.44. The molecule has 39 heavy (non-hydrogen) atoms. The second-order valence-electron chi connectivity index (χ2n) is 12.2. The molecule has 2 aliphatic carbocycles. The first-order chi connectivity index (χ1) is 18.9. The number of nitrogens with zero attached hydrogens (tertiary/aromatic N) is 6. The molecule has 2 atom stereocenters. The summed E-state index contributed by atoms with van der Waals surface area (Å²) in [5, 5.41) is 19.9. The normalized spacial score (nSPS) is 24.1. The van der Waals surface area contributed by atoms with E-state index < -0.39 is 5.54 Å². The van der Waals surface area contributed by atoms with E-state index >= 15 is 0 Å². The minimum atomic E-state index is -1.06. The van der Waals surface area contributed by atoms with Crippen LogP contribution in [0.4, 0.5) is 0 Å². The molecule has 9 nitrogen and oxygen atoms in total. The van der Waals surface area contributed by atoms with Crippen molar-refractivity contribution in [3.8, 4) is 0 Å². The Kier molecular flexibility index (Phi) is 8.43. The predicted octanol–water partition coefficient (Wildman–Crippen LogP) is 5.30. The average Bonchev–Trinajstić information content (AvgIpc) is 3.61. The Labute approximate surface area is 230 Å². The molecule has 0 aliphatic heterocycles. The first-order valence-electron chi connectivity index (χ1n) is 14.9. The fourth-order valence-corrected chi connectivity index (χ4v) is 6.97. The van der Waals surface area contributed by atoms with Gasteiger partial charge in [-0.25, -0.2) is 4.79 Å². The molecular formula is C30H43N7O2. The van der Waals surface area contributed by atoms with Gasteiger partial charge in [0, 0.05) is 24.4 Å². The van der Waals surface area contributed by atoms with Crippen LogP contribution in [0.2, 0.25) is 0 Å². The summed E-state index contributed by atoms with van der Waals surface area (Å²) < 4.78 is 3.32. The summed E-state index contributed by atoms with van der Waals surface area (Å²) in [5.74, 6) is 3.73. The average molecular weight is 534 g/mol. The second-order valence-corrected chi connectivity index (χ2v) is 12.2. The summed E-state index contributed by atoms with van der Waals surface area (Å²) >= 11 is 0. The van der Waals surface area contributed by atoms with Gasteiger partial charge in [-0.3, -0.25) is 9.36 Å². The summed E-state index contributed by atoms with van der Waals surface area (Å²) in [6, 6.07) is 9.20. The van der Waals surface area contributed by atoms with Crippen LogP contribution in [0, 0.1) is 17.8 Å². The highest BCUT2D eigenvalue weighted by Crippen LogP contribution is 2.46. The van der Waals surface area contributed by atoms with Gasteiger partial charge in [0.1, 0.15) is 11.4 Å². The van der Waals surface area contributed by atoms with E-state index in [-0.39, 0.29) is 11.5 Å². The highest BCUT2D eigenvalue weighted by molar-refractivity contribution is 6.01. The number of tetrazole rings is 1. The first kappa shape index (κ1) is 27.5. The molecule has 0 radical (unpaired) electrons. The summed E-state index contributed by atoms with van der Waals surface area (Å²) in [6.07, 6.45) is 12.2. The lowest BCUT2D eigenvalue weighted by molar-refractivity contribution is 0.0827. The number of Topliss-reactive ketones (excluding diaryl/α,β-unsaturated/α-hetero) is 1. The SMILES string of the molecule is CCCCc1nn(C(C)(C)C(=O)c2ccccc2)c(=O)n1CC1CCC(C2CCCCC2c2nn[nH]n2)CC1. The van der Waals surface area contributed by atoms with Crippen LogP contribution in [-0.2, 0) is 18.5 Å². The van der Waals surface area contributed by atoms with Crippen molar-refractivity contribution >= 4 is 5.78 Å². The van der Waals surface area contributed by atoms with E-state index in [0.717, 1.165) is 50.2 Å². The number of carbonyl (C=O) groups excluding carboxylic acids is 1. The highest BCUT2D eigenvalue weighted by atomic mass is 16.2. The molecule has 0 saturated heterocycles. The van der Waals surface area contributed by atoms with Crippen LogP contribution < -0.4 is 5.69 Å². The zero-order valence-corrected chi connectivity index (χ0v) is 23.7. The number of benzene rings is 1. The standard InChI is InChI=1S/C30H43N7O2/c1-4-5-15-26-33-37(30(2,3)27(38)23-11-7-6-8-12-23)29(39)36(26)20-21-16-18-22(19-17-21)24-13-9-10-14-25(24)28-31-34-35-32-28/h6-8,11-12,21-22,24-25H,4-5,9-10,13-20H2,1-3H3,(H,31,32,34,35). The largest absolute Gasteiger partial charge is 0.346 e. The molecule has 0 amide bonds. The number of unbranched alkanes of at least 4 members (excludes halogenated alkanes) is 1. The van der Waals surface area contributed by atoms with Gasteiger partial charge in [-0.2, -0.15) is 15.0 Å². The van der Waals surface area contributed by atoms with Crippen molar-refractivity contribution in [1.82, 2.24) is 35.0 Å². The number of hydrogen-bond donors (Lipinski definition) is 1. The molecule has 1 aromatic carbocycles. The van der Waals surface area contributed by atoms with Gasteiger partial charge in [-0.1, -0.05) is 61.7 Å². The van der Waals surface area contributed by atoms with Crippen molar-refractivity contribution in [2.24, 2.45) is 17.8 Å². The maximum Gasteiger partial charge on any atom is 0.346 e. The first-order valence-corrected chi connectivity index (χ1v) is 14.9. The van der Waals surface area contributed by atoms with Crippen molar-refractivity contribution in [2.45, 2.75) is 109 Å². The molecule has 1 N–H and O–H groups in total. The van der Waals surface area contributed by atoms with Crippen LogP contribution in [0.1, 0.15) is 113 Å². The Morgan fingerprint density at radius 1 is 1.05 bits per heavy atom. The third-order valence-electron chi connectivity index (χ3n) is 9.26. The van der Waals surface area contributed by atoms with E-state index in [2.05, 4.69) is 27.5 Å². The topological polar surface area (TPSA) is 111 Å². The number of H-pyrrole nitrogens is 1. The molecule has 2 unspecified atom stereocenters. The maximum atomic E-state index is 13.8. The lowest BCUT2D eigenvalue weighted by Gasteiger charge is -2.39. The monoisotopic (exact) mass is 533 g/mol. The molecule has 9 heteroatoms. The van der Waals surface area contributed by atoms with Crippen LogP contribution in [0.3, 0.4) is 0 Å². The summed E-state index contributed by atoms with van der Waals surface area (Å²) in [6.45, 7) is 6.44. The summed E-state index contributed by atoms with van der Waals surface area (Å²) in [4.78, 5) is 27.2. The highest BCUT2D eigenvalue weighted by Gasteiger charge is 2.38. The lowest BCUT2D eigenvalue weighted by atomic mass is 9.66. The quantitative estimate of drug-likeness (QED) is 0.354. The van der Waals surface area contributed by atoms with E-state index in [1.54, 1.807) is 26.0 Å². The molecule has 0 spiro atoms. The Bertz CT molecular complexity index is 1270. The van der Waals surface area contributed by atoms with Gasteiger partial charge in [0.2, 0.25) is 0 Å². The number of carbonyl (C=O) groups is 1. The Hall–Kier alpha value is -3.10. The van der Waals surface area contributed by atoms with E-state index in [9.17, 15) is 9.59 Å². The van der Waals surface area contributed by atoms with Crippen molar-refractivity contribution in [3.63, 3.8) is 0 Å². The van der Waals surface area contributed by atoms with Crippen LogP contribution in [-0.4, -0.2) is 40.8 Å². The van der Waals surface area contributed by atoms with E-state index in [0.29, 0.717) is 35.8 Å². The summed E-state index contributed by atoms with van der Waals surface area (Å²) in [5.41, 5.74) is -0.630. The number of hydrogen-bond acceptors (Lipinski definition) is 6. The van der Waals surface area contributed by atoms with Crippen molar-refractivity contribution in [2.75, 3.05) is 0 Å². The van der Waals surface area contributed by atoms with Crippen molar-refractivity contribution < 1.29 is 4.79 Å². The smallest absolute Gasteiger partial charge is 0.291 e. The zero-order valence-electron chi connectivity index (χ0n) is 23.7. The van der Waals surface area contributed by atoms with Gasteiger partial charge in [-0.15, -0.1) is 10.2 Å². The van der Waals surface area contributed by atoms with Gasteiger partial charge in [0.15, 0.2) is 11.6 Å². The van der Waals surface area contributed by atoms with Gasteiger partial charge in [0.05, 0.1) is 0 Å².